The molecule has 2 aromatic rings. The lowest BCUT2D eigenvalue weighted by atomic mass is 9.85. The van der Waals surface area contributed by atoms with Crippen LogP contribution in [0.3, 0.4) is 0 Å². The number of hydrogen-bond donors (Lipinski definition) is 0. The molecule has 0 aromatic heterocycles. The highest BCUT2D eigenvalue weighted by atomic mass is 16.6. The summed E-state index contributed by atoms with van der Waals surface area (Å²) in [5, 5.41) is 2.77. The zero-order valence-corrected chi connectivity index (χ0v) is 16.3. The van der Waals surface area contributed by atoms with Crippen molar-refractivity contribution in [3.05, 3.63) is 48.0 Å². The molecule has 1 amide bonds. The van der Waals surface area contributed by atoms with Gasteiger partial charge in [-0.05, 0) is 68.0 Å². The Morgan fingerprint density at radius 3 is 2.41 bits per heavy atom. The number of ether oxygens (including phenoxy) is 1. The average molecular weight is 367 g/mol. The summed E-state index contributed by atoms with van der Waals surface area (Å²) in [5.74, 6) is 0.659. The van der Waals surface area contributed by atoms with Crippen LogP contribution in [0.4, 0.5) is 4.79 Å². The van der Waals surface area contributed by atoms with Gasteiger partial charge in [0.15, 0.2) is 0 Å². The van der Waals surface area contributed by atoms with Crippen LogP contribution in [-0.4, -0.2) is 54.7 Å². The lowest BCUT2D eigenvalue weighted by Crippen LogP contribution is -2.48. The molecule has 2 aliphatic rings. The first-order chi connectivity index (χ1) is 13.3. The summed E-state index contributed by atoms with van der Waals surface area (Å²) in [5.41, 5.74) is 1.52. The molecule has 2 fully saturated rings. The number of hydrogen-bond acceptors (Lipinski definition) is 3. The smallest absolute Gasteiger partial charge is 0.409 e. The third kappa shape index (κ3) is 3.96. The van der Waals surface area contributed by atoms with E-state index in [0.717, 1.165) is 39.0 Å². The fourth-order valence-electron chi connectivity index (χ4n) is 4.81. The van der Waals surface area contributed by atoms with Crippen molar-refractivity contribution >= 4 is 16.9 Å². The van der Waals surface area contributed by atoms with E-state index in [9.17, 15) is 4.79 Å². The first kappa shape index (κ1) is 18.3. The average Bonchev–Trinajstić information content (AvgIpc) is 2.74. The van der Waals surface area contributed by atoms with Gasteiger partial charge in [0, 0.05) is 19.1 Å². The van der Waals surface area contributed by atoms with E-state index in [1.54, 1.807) is 0 Å². The van der Waals surface area contributed by atoms with E-state index in [0.29, 0.717) is 18.6 Å². The Balaban J connectivity index is 1.34. The Bertz CT molecular complexity index is 770. The molecule has 0 spiro atoms. The molecular weight excluding hydrogens is 336 g/mol. The highest BCUT2D eigenvalue weighted by Gasteiger charge is 2.30. The van der Waals surface area contributed by atoms with Crippen molar-refractivity contribution in [3.8, 4) is 0 Å². The van der Waals surface area contributed by atoms with E-state index in [-0.39, 0.29) is 6.09 Å². The molecule has 0 unspecified atom stereocenters. The molecule has 0 radical (unpaired) electrons. The van der Waals surface area contributed by atoms with Gasteiger partial charge < -0.3 is 14.5 Å². The minimum Gasteiger partial charge on any atom is -0.450 e. The zero-order chi connectivity index (χ0) is 18.6. The number of benzene rings is 2. The van der Waals surface area contributed by atoms with Crippen molar-refractivity contribution < 1.29 is 9.53 Å². The number of carbonyl (C=O) groups excluding carboxylic acids is 1. The van der Waals surface area contributed by atoms with Crippen LogP contribution >= 0.6 is 0 Å². The van der Waals surface area contributed by atoms with Crippen molar-refractivity contribution in [1.82, 2.24) is 9.80 Å². The van der Waals surface area contributed by atoms with Gasteiger partial charge in [-0.25, -0.2) is 4.79 Å². The molecule has 0 aliphatic carbocycles. The van der Waals surface area contributed by atoms with Gasteiger partial charge in [0.05, 0.1) is 6.61 Å². The van der Waals surface area contributed by atoms with Crippen molar-refractivity contribution in [2.24, 2.45) is 0 Å². The molecule has 0 N–H and O–H groups in total. The van der Waals surface area contributed by atoms with E-state index in [2.05, 4.69) is 47.4 Å². The molecular formula is C23H30N2O2. The number of carbonyl (C=O) groups is 1. The minimum absolute atomic E-state index is 0.148. The van der Waals surface area contributed by atoms with E-state index < -0.39 is 0 Å². The van der Waals surface area contributed by atoms with E-state index in [4.69, 9.17) is 4.74 Å². The molecule has 2 heterocycles. The zero-order valence-electron chi connectivity index (χ0n) is 16.3. The van der Waals surface area contributed by atoms with Crippen molar-refractivity contribution in [1.29, 1.82) is 0 Å². The van der Waals surface area contributed by atoms with Gasteiger partial charge >= 0.3 is 6.09 Å². The molecule has 0 bridgehead atoms. The summed E-state index contributed by atoms with van der Waals surface area (Å²) in [6.45, 7) is 6.31. The van der Waals surface area contributed by atoms with Crippen LogP contribution in [0.2, 0.25) is 0 Å². The summed E-state index contributed by atoms with van der Waals surface area (Å²) in [6, 6.07) is 16.1. The van der Waals surface area contributed by atoms with Crippen LogP contribution in [0.15, 0.2) is 42.5 Å². The molecule has 27 heavy (non-hydrogen) atoms. The van der Waals surface area contributed by atoms with Crippen molar-refractivity contribution in [3.63, 3.8) is 0 Å². The third-order valence-electron chi connectivity index (χ3n) is 6.30. The maximum atomic E-state index is 11.9. The second-order valence-corrected chi connectivity index (χ2v) is 7.80. The van der Waals surface area contributed by atoms with Crippen LogP contribution in [0.5, 0.6) is 0 Å². The van der Waals surface area contributed by atoms with Gasteiger partial charge in [0.25, 0.3) is 0 Å². The van der Waals surface area contributed by atoms with E-state index >= 15 is 0 Å². The number of fused-ring (bicyclic) bond motifs is 1. The lowest BCUT2D eigenvalue weighted by molar-refractivity contribution is 0.0663. The standard InChI is InChI=1S/C23H30N2O2/c1-2-27-23(26)25-16-12-20(13-17-25)24-14-10-19(11-15-24)22-9-5-7-18-6-3-4-8-21(18)22/h3-9,19-20H,2,10-17H2,1H3. The summed E-state index contributed by atoms with van der Waals surface area (Å²) < 4.78 is 5.13. The molecule has 0 atom stereocenters. The number of nitrogens with zero attached hydrogens (tertiary/aromatic N) is 2. The molecule has 144 valence electrons. The van der Waals surface area contributed by atoms with Crippen LogP contribution in [0.25, 0.3) is 10.8 Å². The largest absolute Gasteiger partial charge is 0.450 e. The maximum absolute atomic E-state index is 11.9. The summed E-state index contributed by atoms with van der Waals surface area (Å²) in [4.78, 5) is 16.4. The fraction of sp³-hybridized carbons (Fsp3) is 0.522. The predicted octanol–water partition coefficient (Wildman–Crippen LogP) is 4.64. The van der Waals surface area contributed by atoms with Crippen molar-refractivity contribution in [2.75, 3.05) is 32.8 Å². The molecule has 2 saturated heterocycles. The quantitative estimate of drug-likeness (QED) is 0.793. The Morgan fingerprint density at radius 1 is 0.963 bits per heavy atom. The fourth-order valence-corrected chi connectivity index (χ4v) is 4.81. The second-order valence-electron chi connectivity index (χ2n) is 7.80. The predicted molar refractivity (Wildman–Crippen MR) is 109 cm³/mol. The van der Waals surface area contributed by atoms with E-state index in [1.165, 1.54) is 29.2 Å². The van der Waals surface area contributed by atoms with Crippen LogP contribution < -0.4 is 0 Å². The van der Waals surface area contributed by atoms with Gasteiger partial charge in [-0.15, -0.1) is 0 Å². The summed E-state index contributed by atoms with van der Waals surface area (Å²) >= 11 is 0. The number of rotatable bonds is 3. The number of piperidine rings is 2. The normalized spacial score (nSPS) is 20.1. The lowest BCUT2D eigenvalue weighted by Gasteiger charge is -2.41. The number of amides is 1. The van der Waals surface area contributed by atoms with Crippen molar-refractivity contribution in [2.45, 2.75) is 44.6 Å². The molecule has 4 heteroatoms. The molecule has 0 saturated carbocycles. The Morgan fingerprint density at radius 2 is 1.67 bits per heavy atom. The topological polar surface area (TPSA) is 32.8 Å². The van der Waals surface area contributed by atoms with Gasteiger partial charge in [0.2, 0.25) is 0 Å². The Kier molecular flexibility index (Phi) is 5.63. The first-order valence-corrected chi connectivity index (χ1v) is 10.4. The van der Waals surface area contributed by atoms with Gasteiger partial charge in [-0.2, -0.15) is 0 Å². The molecule has 2 aliphatic heterocycles. The SMILES string of the molecule is CCOC(=O)N1CCC(N2CCC(c3cccc4ccccc34)CC2)CC1. The monoisotopic (exact) mass is 366 g/mol. The van der Waals surface area contributed by atoms with Gasteiger partial charge in [-0.3, -0.25) is 0 Å². The first-order valence-electron chi connectivity index (χ1n) is 10.4. The Hall–Kier alpha value is -2.07. The third-order valence-corrected chi connectivity index (χ3v) is 6.30. The molecule has 4 rings (SSSR count). The minimum atomic E-state index is -0.148. The van der Waals surface area contributed by atoms with Crippen LogP contribution in [-0.2, 0) is 4.74 Å². The summed E-state index contributed by atoms with van der Waals surface area (Å²) in [6.07, 6.45) is 4.44. The second kappa shape index (κ2) is 8.30. The molecule has 2 aromatic carbocycles. The van der Waals surface area contributed by atoms with E-state index in [1.807, 2.05) is 11.8 Å². The van der Waals surface area contributed by atoms with Crippen LogP contribution in [0.1, 0.15) is 44.1 Å². The number of likely N-dealkylation sites (tertiary alicyclic amines) is 2. The van der Waals surface area contributed by atoms with Gasteiger partial charge in [0.1, 0.15) is 0 Å². The maximum Gasteiger partial charge on any atom is 0.409 e. The Labute approximate surface area is 162 Å². The molecule has 4 nitrogen and oxygen atoms in total. The highest BCUT2D eigenvalue weighted by molar-refractivity contribution is 5.86. The van der Waals surface area contributed by atoms with Crippen LogP contribution in [0, 0.1) is 0 Å². The highest BCUT2D eigenvalue weighted by Crippen LogP contribution is 2.34. The summed E-state index contributed by atoms with van der Waals surface area (Å²) in [7, 11) is 0. The van der Waals surface area contributed by atoms with Gasteiger partial charge in [-0.1, -0.05) is 42.5 Å².